The van der Waals surface area contributed by atoms with Crippen molar-refractivity contribution in [1.29, 1.82) is 0 Å². The Hall–Kier alpha value is -5.14. The highest BCUT2D eigenvalue weighted by molar-refractivity contribution is 6.34. The van der Waals surface area contributed by atoms with Crippen molar-refractivity contribution in [2.45, 2.75) is 13.8 Å². The zero-order valence-corrected chi connectivity index (χ0v) is 23.2. The van der Waals surface area contributed by atoms with Crippen molar-refractivity contribution in [1.82, 2.24) is 0 Å². The molecule has 194 valence electrons. The summed E-state index contributed by atoms with van der Waals surface area (Å²) in [5.74, 6) is 0. The van der Waals surface area contributed by atoms with E-state index in [1.54, 1.807) is 0 Å². The fraction of sp³-hybridized carbons (Fsp3) is 0.0500. The van der Waals surface area contributed by atoms with Crippen molar-refractivity contribution < 1.29 is 0 Å². The van der Waals surface area contributed by atoms with Gasteiger partial charge in [0.25, 0.3) is 0 Å². The van der Waals surface area contributed by atoms with Gasteiger partial charge < -0.3 is 4.90 Å². The van der Waals surface area contributed by atoms with Gasteiger partial charge in [0, 0.05) is 17.1 Å². The number of aryl methyl sites for hydroxylation is 2. The second kappa shape index (κ2) is 9.21. The summed E-state index contributed by atoms with van der Waals surface area (Å²) < 4.78 is 0. The Kier molecular flexibility index (Phi) is 5.33. The summed E-state index contributed by atoms with van der Waals surface area (Å²) in [6.07, 6.45) is 0. The number of hydrogen-bond donors (Lipinski definition) is 0. The van der Waals surface area contributed by atoms with Crippen LogP contribution in [0.25, 0.3) is 54.2 Å². The van der Waals surface area contributed by atoms with E-state index in [1.165, 1.54) is 65.3 Å². The van der Waals surface area contributed by atoms with Crippen molar-refractivity contribution in [3.63, 3.8) is 0 Å². The van der Waals surface area contributed by atoms with E-state index in [0.29, 0.717) is 0 Å². The summed E-state index contributed by atoms with van der Waals surface area (Å²) in [5.41, 5.74) is 8.46. The molecule has 0 amide bonds. The third kappa shape index (κ3) is 3.77. The minimum atomic E-state index is 1.14. The van der Waals surface area contributed by atoms with Gasteiger partial charge in [-0.3, -0.25) is 0 Å². The van der Waals surface area contributed by atoms with Crippen LogP contribution in [0.5, 0.6) is 0 Å². The monoisotopic (exact) mass is 523 g/mol. The minimum Gasteiger partial charge on any atom is -0.311 e. The molecule has 0 saturated heterocycles. The molecule has 0 saturated carbocycles. The lowest BCUT2D eigenvalue weighted by molar-refractivity contribution is 1.27. The molecule has 41 heavy (non-hydrogen) atoms. The maximum Gasteiger partial charge on any atom is 0.0462 e. The molecule has 0 aromatic heterocycles. The Morgan fingerprint density at radius 2 is 0.805 bits per heavy atom. The van der Waals surface area contributed by atoms with Gasteiger partial charge in [0.1, 0.15) is 0 Å². The van der Waals surface area contributed by atoms with E-state index in [-0.39, 0.29) is 0 Å². The van der Waals surface area contributed by atoms with E-state index in [0.717, 1.165) is 17.1 Å². The topological polar surface area (TPSA) is 3.24 Å². The molecule has 0 bridgehead atoms. The van der Waals surface area contributed by atoms with Crippen LogP contribution in [0, 0.1) is 13.8 Å². The molecule has 0 heterocycles. The quantitative estimate of drug-likeness (QED) is 0.164. The third-order valence-electron chi connectivity index (χ3n) is 8.55. The zero-order chi connectivity index (χ0) is 27.5. The molecule has 8 aromatic rings. The lowest BCUT2D eigenvalue weighted by atomic mass is 9.87. The van der Waals surface area contributed by atoms with Gasteiger partial charge >= 0.3 is 0 Å². The van der Waals surface area contributed by atoms with Gasteiger partial charge in [0.15, 0.2) is 0 Å². The first kappa shape index (κ1) is 23.7. The third-order valence-corrected chi connectivity index (χ3v) is 8.55. The Morgan fingerprint density at radius 3 is 1.37 bits per heavy atom. The van der Waals surface area contributed by atoms with Crippen molar-refractivity contribution in [2.75, 3.05) is 4.90 Å². The van der Waals surface area contributed by atoms with Gasteiger partial charge in [-0.25, -0.2) is 0 Å². The number of fused-ring (bicyclic) bond motifs is 2. The van der Waals surface area contributed by atoms with Gasteiger partial charge in [-0.1, -0.05) is 114 Å². The van der Waals surface area contributed by atoms with Crippen LogP contribution in [0.15, 0.2) is 140 Å². The smallest absolute Gasteiger partial charge is 0.0462 e. The Labute approximate surface area is 240 Å². The van der Waals surface area contributed by atoms with Crippen LogP contribution in [0.2, 0.25) is 0 Å². The van der Waals surface area contributed by atoms with E-state index in [4.69, 9.17) is 0 Å². The first-order valence-electron chi connectivity index (χ1n) is 14.3. The van der Waals surface area contributed by atoms with Crippen molar-refractivity contribution in [2.24, 2.45) is 0 Å². The molecule has 0 aliphatic rings. The Bertz CT molecular complexity index is 2090. The van der Waals surface area contributed by atoms with Crippen LogP contribution in [0.3, 0.4) is 0 Å². The summed E-state index contributed by atoms with van der Waals surface area (Å²) >= 11 is 0. The highest BCUT2D eigenvalue weighted by Gasteiger charge is 2.16. The normalized spacial score (nSPS) is 11.7. The van der Waals surface area contributed by atoms with Crippen molar-refractivity contribution >= 4 is 60.2 Å². The van der Waals surface area contributed by atoms with Gasteiger partial charge in [0.2, 0.25) is 0 Å². The van der Waals surface area contributed by atoms with Crippen LogP contribution in [-0.4, -0.2) is 0 Å². The van der Waals surface area contributed by atoms with E-state index in [9.17, 15) is 0 Å². The summed E-state index contributed by atoms with van der Waals surface area (Å²) in [4.78, 5) is 2.33. The van der Waals surface area contributed by atoms with Crippen molar-refractivity contribution in [3.8, 4) is 11.1 Å². The van der Waals surface area contributed by atoms with E-state index >= 15 is 0 Å². The molecule has 0 N–H and O–H groups in total. The fourth-order valence-electron chi connectivity index (χ4n) is 6.52. The largest absolute Gasteiger partial charge is 0.311 e. The predicted octanol–water partition coefficient (Wildman–Crippen LogP) is 11.5. The summed E-state index contributed by atoms with van der Waals surface area (Å²) in [5, 5.41) is 10.6. The molecule has 0 aliphatic carbocycles. The average molecular weight is 524 g/mol. The first-order chi connectivity index (χ1) is 20.2. The fourth-order valence-corrected chi connectivity index (χ4v) is 6.52. The molecule has 1 nitrogen and oxygen atoms in total. The molecule has 8 rings (SSSR count). The molecular formula is C40H29N. The number of hydrogen-bond acceptors (Lipinski definition) is 1. The van der Waals surface area contributed by atoms with Crippen LogP contribution >= 0.6 is 0 Å². The van der Waals surface area contributed by atoms with Crippen LogP contribution in [0.1, 0.15) is 11.1 Å². The number of nitrogens with zero attached hydrogens (tertiary/aromatic N) is 1. The Morgan fingerprint density at radius 1 is 0.366 bits per heavy atom. The van der Waals surface area contributed by atoms with Gasteiger partial charge in [0.05, 0.1) is 0 Å². The molecule has 8 aromatic carbocycles. The standard InChI is InChI=1S/C40H29N/c1-26-12-18-30(19-13-26)41(31-20-14-27(2)15-21-31)32-22-16-28(17-23-32)33-24-25-38-36-9-4-7-29-6-3-8-35(39(29)36)37-11-5-10-34(33)40(37)38/h3-25H,1-2H3. The second-order valence-corrected chi connectivity index (χ2v) is 11.2. The van der Waals surface area contributed by atoms with E-state index in [1.807, 2.05) is 0 Å². The molecule has 0 radical (unpaired) electrons. The summed E-state index contributed by atoms with van der Waals surface area (Å²) in [7, 11) is 0. The lowest BCUT2D eigenvalue weighted by Crippen LogP contribution is -2.09. The van der Waals surface area contributed by atoms with Gasteiger partial charge in [-0.05, 0) is 104 Å². The van der Waals surface area contributed by atoms with Crippen LogP contribution < -0.4 is 4.90 Å². The molecular weight excluding hydrogens is 494 g/mol. The molecule has 0 fully saturated rings. The molecule has 1 heteroatoms. The highest BCUT2D eigenvalue weighted by atomic mass is 15.1. The highest BCUT2D eigenvalue weighted by Crippen LogP contribution is 2.43. The number of rotatable bonds is 4. The maximum atomic E-state index is 2.33. The predicted molar refractivity (Wildman–Crippen MR) is 177 cm³/mol. The van der Waals surface area contributed by atoms with E-state index in [2.05, 4.69) is 158 Å². The summed E-state index contributed by atoms with van der Waals surface area (Å²) in [6.45, 7) is 4.27. The molecule has 0 atom stereocenters. The van der Waals surface area contributed by atoms with Crippen molar-refractivity contribution in [3.05, 3.63) is 151 Å². The minimum absolute atomic E-state index is 1.14. The maximum absolute atomic E-state index is 2.33. The molecule has 0 aliphatic heterocycles. The Balaban J connectivity index is 1.29. The van der Waals surface area contributed by atoms with Gasteiger partial charge in [-0.15, -0.1) is 0 Å². The molecule has 0 spiro atoms. The number of benzene rings is 8. The van der Waals surface area contributed by atoms with Crippen LogP contribution in [-0.2, 0) is 0 Å². The first-order valence-corrected chi connectivity index (χ1v) is 14.3. The van der Waals surface area contributed by atoms with Gasteiger partial charge in [-0.2, -0.15) is 0 Å². The second-order valence-electron chi connectivity index (χ2n) is 11.2. The average Bonchev–Trinajstić information content (AvgIpc) is 3.02. The SMILES string of the molecule is Cc1ccc(N(c2ccc(C)cc2)c2ccc(-c3ccc4c5cccc6cccc(c7cccc3c74)c65)cc2)cc1. The lowest BCUT2D eigenvalue weighted by Gasteiger charge is -2.26. The molecule has 0 unspecified atom stereocenters. The van der Waals surface area contributed by atoms with Crippen LogP contribution in [0.4, 0.5) is 17.1 Å². The zero-order valence-electron chi connectivity index (χ0n) is 23.2. The van der Waals surface area contributed by atoms with E-state index < -0.39 is 0 Å². The summed E-state index contributed by atoms with van der Waals surface area (Å²) in [6, 6.07) is 51.3. The number of anilines is 3.